The Bertz CT molecular complexity index is 1160. The zero-order valence-corrected chi connectivity index (χ0v) is 42.5. The summed E-state index contributed by atoms with van der Waals surface area (Å²) in [5.74, 6) is -0.317. The number of hydrogen-bond acceptors (Lipinski definition) is 11. The molecule has 0 radical (unpaired) electrons. The predicted octanol–water partition coefficient (Wildman–Crippen LogP) is 11.7. The molecular weight excluding hydrogens is 848 g/mol. The average molecular weight is 940 g/mol. The van der Waals surface area contributed by atoms with Crippen molar-refractivity contribution in [1.82, 2.24) is 5.32 Å². The van der Waals surface area contributed by atoms with E-state index in [9.17, 15) is 23.8 Å². The van der Waals surface area contributed by atoms with Crippen LogP contribution in [0.1, 0.15) is 194 Å². The van der Waals surface area contributed by atoms with Crippen LogP contribution in [0.4, 0.5) is 0 Å². The first-order valence-electron chi connectivity index (χ1n) is 24.4. The fourth-order valence-electron chi connectivity index (χ4n) is 6.69. The standard InChI is InChI=1S/C47H91N2O10PS2/c1-6-8-10-12-14-16-18-20-22-24-26-28-30-32-44(59-47(53)35-34-46(52)56-39-41-62-61-40-37-50)43(42-58-60(54,55)57-38-36-49(3,4)5)48-45(51)33-31-29-27-25-23-21-19-17-15-13-11-9-7-2/h30,32,43-44,50H,6-29,31,33-42H2,1-5H3,(H-,48,51,54,55)/p+1/b32-30+/t43-,44+/m0/s1. The van der Waals surface area contributed by atoms with Crippen molar-refractivity contribution in [3.8, 4) is 0 Å². The van der Waals surface area contributed by atoms with Gasteiger partial charge in [-0.05, 0) is 25.3 Å². The number of likely N-dealkylation sites (N-methyl/N-ethyl adjacent to an activating group) is 1. The van der Waals surface area contributed by atoms with Gasteiger partial charge in [-0.1, -0.05) is 183 Å². The van der Waals surface area contributed by atoms with Crippen LogP contribution in [0.25, 0.3) is 0 Å². The van der Waals surface area contributed by atoms with E-state index in [1.165, 1.54) is 131 Å². The van der Waals surface area contributed by atoms with Gasteiger partial charge in [-0.25, -0.2) is 4.57 Å². The van der Waals surface area contributed by atoms with Gasteiger partial charge < -0.3 is 29.3 Å². The van der Waals surface area contributed by atoms with E-state index in [-0.39, 0.29) is 45.0 Å². The van der Waals surface area contributed by atoms with E-state index in [0.717, 1.165) is 44.9 Å². The lowest BCUT2D eigenvalue weighted by Gasteiger charge is -2.27. The summed E-state index contributed by atoms with van der Waals surface area (Å²) in [4.78, 5) is 49.5. The molecule has 62 heavy (non-hydrogen) atoms. The Morgan fingerprint density at radius 3 is 1.65 bits per heavy atom. The van der Waals surface area contributed by atoms with Gasteiger partial charge in [0.2, 0.25) is 5.91 Å². The Hall–Kier alpha value is -1.12. The molecule has 15 heteroatoms. The summed E-state index contributed by atoms with van der Waals surface area (Å²) in [7, 11) is 4.29. The lowest BCUT2D eigenvalue weighted by molar-refractivity contribution is -0.870. The van der Waals surface area contributed by atoms with E-state index in [1.54, 1.807) is 6.08 Å². The van der Waals surface area contributed by atoms with Gasteiger partial charge >= 0.3 is 19.8 Å². The highest BCUT2D eigenvalue weighted by atomic mass is 33.1. The van der Waals surface area contributed by atoms with Gasteiger partial charge in [0.05, 0.1) is 53.2 Å². The Labute approximate surface area is 386 Å². The number of ether oxygens (including phenoxy) is 2. The number of esters is 2. The molecule has 1 unspecified atom stereocenters. The van der Waals surface area contributed by atoms with E-state index in [1.807, 2.05) is 27.2 Å². The van der Waals surface area contributed by atoms with Crippen molar-refractivity contribution >= 4 is 47.3 Å². The van der Waals surface area contributed by atoms with Gasteiger partial charge in [-0.3, -0.25) is 23.4 Å². The van der Waals surface area contributed by atoms with Gasteiger partial charge in [0, 0.05) is 17.9 Å². The van der Waals surface area contributed by atoms with Crippen molar-refractivity contribution in [2.75, 3.05) is 65.6 Å². The molecule has 0 aromatic carbocycles. The van der Waals surface area contributed by atoms with Crippen molar-refractivity contribution in [2.45, 2.75) is 206 Å². The molecule has 0 spiro atoms. The zero-order valence-electron chi connectivity index (χ0n) is 39.9. The van der Waals surface area contributed by atoms with Crippen LogP contribution >= 0.6 is 29.4 Å². The first kappa shape index (κ1) is 60.9. The average Bonchev–Trinajstić information content (AvgIpc) is 3.22. The quantitative estimate of drug-likeness (QED) is 0.0133. The maximum atomic E-state index is 13.4. The number of phosphoric ester groups is 1. The van der Waals surface area contributed by atoms with Crippen molar-refractivity contribution in [3.63, 3.8) is 0 Å². The van der Waals surface area contributed by atoms with Crippen LogP contribution in [0, 0.1) is 0 Å². The summed E-state index contributed by atoms with van der Waals surface area (Å²) in [5.41, 5.74) is 0. The van der Waals surface area contributed by atoms with Gasteiger partial charge in [-0.2, -0.15) is 0 Å². The first-order valence-corrected chi connectivity index (χ1v) is 28.4. The third-order valence-corrected chi connectivity index (χ3v) is 13.8. The SMILES string of the molecule is CCCCCCCCCCCCC/C=C/[C@@H](OC(=O)CCC(=O)OCCSSCCO)[C@H](COP(=O)(O)OCC[N+](C)(C)C)NC(=O)CCCCCCCCCCCCCCC. The number of carbonyl (C=O) groups excluding carboxylic acids is 3. The minimum Gasteiger partial charge on any atom is -0.465 e. The smallest absolute Gasteiger partial charge is 0.465 e. The number of quaternary nitrogens is 1. The van der Waals surface area contributed by atoms with Crippen LogP contribution in [0.2, 0.25) is 0 Å². The normalized spacial score (nSPS) is 13.9. The molecule has 0 heterocycles. The number of rotatable bonds is 46. The molecule has 366 valence electrons. The summed E-state index contributed by atoms with van der Waals surface area (Å²) in [6.45, 7) is 4.77. The number of phosphoric acid groups is 1. The number of hydrogen-bond donors (Lipinski definition) is 3. The Morgan fingerprint density at radius 1 is 0.645 bits per heavy atom. The summed E-state index contributed by atoms with van der Waals surface area (Å²) < 4.78 is 35.3. The summed E-state index contributed by atoms with van der Waals surface area (Å²) in [6.07, 6.45) is 32.2. The third kappa shape index (κ3) is 42.8. The number of nitrogens with one attached hydrogen (secondary N) is 1. The topological polar surface area (TPSA) is 158 Å². The number of aliphatic hydroxyl groups excluding tert-OH is 1. The molecular formula is C47H92N2O10PS2+. The Kier molecular flexibility index (Phi) is 41.7. The first-order chi connectivity index (χ1) is 29.8. The fourth-order valence-corrected chi connectivity index (χ4v) is 9.02. The van der Waals surface area contributed by atoms with Gasteiger partial charge in [0.25, 0.3) is 0 Å². The number of carbonyl (C=O) groups is 3. The molecule has 0 fully saturated rings. The molecule has 3 N–H and O–H groups in total. The molecule has 12 nitrogen and oxygen atoms in total. The second-order valence-corrected chi connectivity index (χ2v) is 21.7. The second-order valence-electron chi connectivity index (χ2n) is 17.6. The van der Waals surface area contributed by atoms with Gasteiger partial charge in [-0.15, -0.1) is 0 Å². The third-order valence-electron chi connectivity index (χ3n) is 10.5. The highest BCUT2D eigenvalue weighted by Crippen LogP contribution is 2.43. The number of unbranched alkanes of at least 4 members (excludes halogenated alkanes) is 23. The van der Waals surface area contributed by atoms with Gasteiger partial charge in [0.15, 0.2) is 0 Å². The highest BCUT2D eigenvalue weighted by molar-refractivity contribution is 8.76. The van der Waals surface area contributed by atoms with E-state index >= 15 is 0 Å². The van der Waals surface area contributed by atoms with Crippen LogP contribution in [0.3, 0.4) is 0 Å². The van der Waals surface area contributed by atoms with Crippen molar-refractivity contribution in [2.24, 2.45) is 0 Å². The van der Waals surface area contributed by atoms with E-state index in [4.69, 9.17) is 23.6 Å². The van der Waals surface area contributed by atoms with Crippen molar-refractivity contribution in [1.29, 1.82) is 0 Å². The largest absolute Gasteiger partial charge is 0.472 e. The highest BCUT2D eigenvalue weighted by Gasteiger charge is 2.30. The predicted molar refractivity (Wildman–Crippen MR) is 259 cm³/mol. The molecule has 0 aromatic rings. The molecule has 0 saturated heterocycles. The van der Waals surface area contributed by atoms with Gasteiger partial charge in [0.1, 0.15) is 25.9 Å². The zero-order chi connectivity index (χ0) is 46.0. The molecule has 0 bridgehead atoms. The molecule has 0 saturated carbocycles. The number of aliphatic hydroxyl groups is 1. The van der Waals surface area contributed by atoms with E-state index in [2.05, 4.69) is 19.2 Å². The van der Waals surface area contributed by atoms with Crippen LogP contribution in [-0.2, 0) is 37.5 Å². The number of amides is 1. The lowest BCUT2D eigenvalue weighted by atomic mass is 10.0. The van der Waals surface area contributed by atoms with Crippen molar-refractivity contribution < 1.29 is 52.0 Å². The fraction of sp³-hybridized carbons (Fsp3) is 0.894. The molecule has 0 aliphatic rings. The van der Waals surface area contributed by atoms with E-state index < -0.39 is 38.5 Å². The van der Waals surface area contributed by atoms with Crippen LogP contribution in [-0.4, -0.2) is 110 Å². The van der Waals surface area contributed by atoms with Crippen LogP contribution in [0.5, 0.6) is 0 Å². The monoisotopic (exact) mass is 940 g/mol. The second kappa shape index (κ2) is 42.5. The molecule has 0 aliphatic heterocycles. The molecule has 3 atom stereocenters. The lowest BCUT2D eigenvalue weighted by Crippen LogP contribution is -2.47. The molecule has 0 aliphatic carbocycles. The van der Waals surface area contributed by atoms with E-state index in [0.29, 0.717) is 29.0 Å². The minimum atomic E-state index is -4.51. The maximum absolute atomic E-state index is 13.4. The molecule has 0 rings (SSSR count). The Morgan fingerprint density at radius 2 is 1.13 bits per heavy atom. The molecule has 1 amide bonds. The maximum Gasteiger partial charge on any atom is 0.472 e. The molecule has 0 aromatic heterocycles. The number of allylic oxidation sites excluding steroid dienone is 1. The Balaban J connectivity index is 5.50. The summed E-state index contributed by atoms with van der Waals surface area (Å²) in [6, 6.07) is -0.982. The van der Waals surface area contributed by atoms with Crippen LogP contribution < -0.4 is 5.32 Å². The van der Waals surface area contributed by atoms with Crippen molar-refractivity contribution in [3.05, 3.63) is 12.2 Å². The number of nitrogens with zero attached hydrogens (tertiary/aromatic N) is 1. The summed E-state index contributed by atoms with van der Waals surface area (Å²) in [5, 5.41) is 11.8. The minimum absolute atomic E-state index is 0.0130. The van der Waals surface area contributed by atoms with Crippen LogP contribution in [0.15, 0.2) is 12.2 Å². The summed E-state index contributed by atoms with van der Waals surface area (Å²) >= 11 is 0.